The van der Waals surface area contributed by atoms with Gasteiger partial charge in [0.2, 0.25) is 0 Å². The summed E-state index contributed by atoms with van der Waals surface area (Å²) >= 11 is 0. The number of nitrogens with one attached hydrogen (secondary N) is 3. The van der Waals surface area contributed by atoms with Crippen LogP contribution in [0.15, 0.2) is 194 Å². The molecular weight excluding hydrogens is 733 g/mol. The number of benzene rings is 8. The van der Waals surface area contributed by atoms with Crippen LogP contribution in [0.4, 0.5) is 0 Å². The van der Waals surface area contributed by atoms with Crippen LogP contribution in [0.2, 0.25) is 0 Å². The lowest BCUT2D eigenvalue weighted by Gasteiger charge is -2.40. The number of fused-ring (bicyclic) bond motifs is 7. The van der Waals surface area contributed by atoms with E-state index < -0.39 is 0 Å². The molecule has 3 heterocycles. The van der Waals surface area contributed by atoms with E-state index in [1.165, 1.54) is 71.9 Å². The van der Waals surface area contributed by atoms with Gasteiger partial charge in [0.1, 0.15) is 11.9 Å². The molecular formula is C55H42N4O. The highest BCUT2D eigenvalue weighted by atomic mass is 16.5. The molecule has 60 heavy (non-hydrogen) atoms. The Balaban J connectivity index is 0.964. The molecule has 5 heteroatoms. The molecule has 3 aliphatic rings. The second-order valence-corrected chi connectivity index (χ2v) is 16.1. The van der Waals surface area contributed by atoms with Crippen molar-refractivity contribution in [3.63, 3.8) is 0 Å². The predicted molar refractivity (Wildman–Crippen MR) is 245 cm³/mol. The van der Waals surface area contributed by atoms with Crippen molar-refractivity contribution in [1.29, 1.82) is 0 Å². The van der Waals surface area contributed by atoms with E-state index in [0.717, 1.165) is 29.0 Å². The third kappa shape index (κ3) is 5.89. The molecule has 1 aromatic heterocycles. The summed E-state index contributed by atoms with van der Waals surface area (Å²) in [4.78, 5) is 0. The minimum Gasteiger partial charge on any atom is -0.484 e. The minimum absolute atomic E-state index is 0.0698. The first-order valence-electron chi connectivity index (χ1n) is 20.9. The average Bonchev–Trinajstić information content (AvgIpc) is 3.87. The molecule has 1 aliphatic carbocycles. The van der Waals surface area contributed by atoms with Crippen molar-refractivity contribution < 1.29 is 4.74 Å². The fraction of sp³-hybridized carbons (Fsp3) is 0.0909. The van der Waals surface area contributed by atoms with E-state index in [2.05, 4.69) is 221 Å². The van der Waals surface area contributed by atoms with Gasteiger partial charge in [0.15, 0.2) is 0 Å². The summed E-state index contributed by atoms with van der Waals surface area (Å²) in [5.41, 5.74) is 16.7. The Hall–Kier alpha value is -7.02. The van der Waals surface area contributed by atoms with Crippen molar-refractivity contribution in [2.24, 2.45) is 0 Å². The molecule has 1 saturated heterocycles. The van der Waals surface area contributed by atoms with Gasteiger partial charge in [-0.05, 0) is 74.8 Å². The van der Waals surface area contributed by atoms with Crippen molar-refractivity contribution in [2.45, 2.75) is 31.0 Å². The third-order valence-corrected chi connectivity index (χ3v) is 12.7. The highest BCUT2D eigenvalue weighted by Crippen LogP contribution is 2.51. The summed E-state index contributed by atoms with van der Waals surface area (Å²) in [6, 6.07) is 69.9. The van der Waals surface area contributed by atoms with E-state index in [1.54, 1.807) is 0 Å². The van der Waals surface area contributed by atoms with Crippen LogP contribution >= 0.6 is 0 Å². The Labute approximate surface area is 349 Å². The van der Waals surface area contributed by atoms with E-state index in [9.17, 15) is 0 Å². The number of hydrogen-bond acceptors (Lipinski definition) is 4. The minimum atomic E-state index is -0.184. The average molecular weight is 775 g/mol. The molecule has 2 aliphatic heterocycles. The fourth-order valence-electron chi connectivity index (χ4n) is 9.74. The second kappa shape index (κ2) is 14.4. The van der Waals surface area contributed by atoms with Gasteiger partial charge in [-0.25, -0.2) is 0 Å². The summed E-state index contributed by atoms with van der Waals surface area (Å²) in [5.74, 6) is 0.948. The van der Waals surface area contributed by atoms with E-state index >= 15 is 0 Å². The maximum Gasteiger partial charge on any atom is 0.136 e. The van der Waals surface area contributed by atoms with Crippen LogP contribution in [0, 0.1) is 0 Å². The summed E-state index contributed by atoms with van der Waals surface area (Å²) in [7, 11) is 0. The monoisotopic (exact) mass is 774 g/mol. The smallest absolute Gasteiger partial charge is 0.136 e. The van der Waals surface area contributed by atoms with E-state index in [1.807, 2.05) is 0 Å². The number of aromatic nitrogens is 1. The molecule has 1 fully saturated rings. The molecule has 3 N–H and O–H groups in total. The Morgan fingerprint density at radius 3 is 1.75 bits per heavy atom. The molecule has 0 bridgehead atoms. The lowest BCUT2D eigenvalue weighted by atomic mass is 9.84. The summed E-state index contributed by atoms with van der Waals surface area (Å²) in [6.07, 6.45) is 2.73. The van der Waals surface area contributed by atoms with Gasteiger partial charge in [-0.15, -0.1) is 0 Å². The zero-order valence-corrected chi connectivity index (χ0v) is 32.9. The normalized spacial score (nSPS) is 19.3. The van der Waals surface area contributed by atoms with Crippen LogP contribution in [0.5, 0.6) is 5.75 Å². The van der Waals surface area contributed by atoms with Crippen LogP contribution in [0.25, 0.3) is 61.4 Å². The summed E-state index contributed by atoms with van der Waals surface area (Å²) in [6.45, 7) is 0. The van der Waals surface area contributed by atoms with Crippen LogP contribution in [-0.2, 0) is 6.42 Å². The lowest BCUT2D eigenvalue weighted by Crippen LogP contribution is -2.54. The highest BCUT2D eigenvalue weighted by Gasteiger charge is 2.39. The fourth-order valence-corrected chi connectivity index (χ4v) is 9.74. The zero-order valence-electron chi connectivity index (χ0n) is 32.9. The molecule has 4 unspecified atom stereocenters. The van der Waals surface area contributed by atoms with Crippen LogP contribution in [0.1, 0.15) is 51.9 Å². The lowest BCUT2D eigenvalue weighted by molar-refractivity contribution is 0.203. The third-order valence-electron chi connectivity index (χ3n) is 12.7. The quantitative estimate of drug-likeness (QED) is 0.157. The molecule has 9 aromatic rings. The Bertz CT molecular complexity index is 3030. The molecule has 0 spiro atoms. The maximum atomic E-state index is 7.14. The number of ether oxygens (including phenoxy) is 1. The standard InChI is InChI=1S/C55H42N4O/c1-3-13-35(14-4-1)36-23-25-39(26-24-36)54-56-53(38-15-5-2-6-16-38)57-55(58-54)46-32-31-43(52-51(46)47-33-40-17-7-8-18-41(40)34-50(47)60-52)37-27-29-42(30-28-37)59-48-21-11-9-19-44(48)45-20-10-12-22-49(45)59/h1-33,50,53-58H,34H2. The second-order valence-electron chi connectivity index (χ2n) is 16.1. The topological polar surface area (TPSA) is 50.2 Å². The van der Waals surface area contributed by atoms with Gasteiger partial charge >= 0.3 is 0 Å². The van der Waals surface area contributed by atoms with Gasteiger partial charge in [0, 0.05) is 39.6 Å². The molecule has 12 rings (SSSR count). The van der Waals surface area contributed by atoms with E-state index in [-0.39, 0.29) is 24.6 Å². The molecule has 4 atom stereocenters. The van der Waals surface area contributed by atoms with Crippen LogP contribution in [-0.4, -0.2) is 10.7 Å². The zero-order chi connectivity index (χ0) is 39.6. The Morgan fingerprint density at radius 2 is 1.03 bits per heavy atom. The van der Waals surface area contributed by atoms with Crippen LogP contribution < -0.4 is 20.7 Å². The van der Waals surface area contributed by atoms with E-state index in [4.69, 9.17) is 4.74 Å². The SMILES string of the molecule is C1=C2c3c(C4NC(c5ccccc5)NC(c5ccc(-c6ccccc6)cc5)N4)ccc(-c4ccc(-n5c6ccccc6c6ccccc65)cc4)c3OC2Cc2ccccc21. The number of rotatable bonds is 6. The first-order valence-corrected chi connectivity index (χ1v) is 20.9. The summed E-state index contributed by atoms with van der Waals surface area (Å²) in [5, 5.41) is 14.4. The van der Waals surface area contributed by atoms with Crippen molar-refractivity contribution in [1.82, 2.24) is 20.5 Å². The summed E-state index contributed by atoms with van der Waals surface area (Å²) < 4.78 is 9.51. The highest BCUT2D eigenvalue weighted by molar-refractivity contribution is 6.09. The van der Waals surface area contributed by atoms with Gasteiger partial charge in [-0.2, -0.15) is 0 Å². The van der Waals surface area contributed by atoms with E-state index in [0.29, 0.717) is 0 Å². The van der Waals surface area contributed by atoms with Gasteiger partial charge in [-0.3, -0.25) is 16.0 Å². The molecule has 5 nitrogen and oxygen atoms in total. The largest absolute Gasteiger partial charge is 0.484 e. The first kappa shape index (κ1) is 35.0. The molecule has 0 radical (unpaired) electrons. The predicted octanol–water partition coefficient (Wildman–Crippen LogP) is 12.2. The van der Waals surface area contributed by atoms with Crippen molar-refractivity contribution in [3.05, 3.63) is 228 Å². The van der Waals surface area contributed by atoms with Crippen LogP contribution in [0.3, 0.4) is 0 Å². The van der Waals surface area contributed by atoms with Gasteiger partial charge in [0.25, 0.3) is 0 Å². The number of nitrogens with zero attached hydrogens (tertiary/aromatic N) is 1. The Morgan fingerprint density at radius 1 is 0.467 bits per heavy atom. The Kier molecular flexibility index (Phi) is 8.37. The van der Waals surface area contributed by atoms with Gasteiger partial charge in [-0.1, -0.05) is 170 Å². The molecule has 288 valence electrons. The van der Waals surface area contributed by atoms with Crippen molar-refractivity contribution in [2.75, 3.05) is 0 Å². The number of para-hydroxylation sites is 2. The van der Waals surface area contributed by atoms with Crippen molar-refractivity contribution >= 4 is 33.5 Å². The van der Waals surface area contributed by atoms with Crippen molar-refractivity contribution in [3.8, 4) is 33.7 Å². The van der Waals surface area contributed by atoms with Gasteiger partial charge < -0.3 is 9.30 Å². The maximum absolute atomic E-state index is 7.14. The van der Waals surface area contributed by atoms with Gasteiger partial charge in [0.05, 0.1) is 29.5 Å². The molecule has 8 aromatic carbocycles. The number of hydrogen-bond donors (Lipinski definition) is 3. The first-order chi connectivity index (χ1) is 29.7. The molecule has 0 saturated carbocycles. The molecule has 0 amide bonds.